The number of carboxylic acid groups (broad SMARTS) is 1. The van der Waals surface area contributed by atoms with E-state index >= 15 is 0 Å². The first-order valence-electron chi connectivity index (χ1n) is 9.82. The Morgan fingerprint density at radius 2 is 1.82 bits per heavy atom. The number of likely N-dealkylation sites (tertiary alicyclic amines) is 1. The van der Waals surface area contributed by atoms with E-state index in [0.29, 0.717) is 32.7 Å². The van der Waals surface area contributed by atoms with E-state index in [1.807, 2.05) is 37.3 Å². The van der Waals surface area contributed by atoms with Crippen LogP contribution >= 0.6 is 0 Å². The summed E-state index contributed by atoms with van der Waals surface area (Å²) in [6.07, 6.45) is -1.15. The van der Waals surface area contributed by atoms with Crippen LogP contribution in [-0.2, 0) is 11.3 Å². The third-order valence-corrected chi connectivity index (χ3v) is 6.41. The normalized spacial score (nSPS) is 24.0. The van der Waals surface area contributed by atoms with Gasteiger partial charge in [-0.05, 0) is 17.9 Å². The fourth-order valence-electron chi connectivity index (χ4n) is 3.94. The summed E-state index contributed by atoms with van der Waals surface area (Å²) in [7, 11) is 0. The van der Waals surface area contributed by atoms with E-state index in [1.165, 1.54) is 0 Å². The van der Waals surface area contributed by atoms with E-state index in [4.69, 9.17) is 4.74 Å². The molecule has 2 aliphatic rings. The van der Waals surface area contributed by atoms with Gasteiger partial charge in [-0.3, -0.25) is 9.80 Å². The number of ether oxygens (including phenoxy) is 1. The van der Waals surface area contributed by atoms with Crippen LogP contribution in [-0.4, -0.2) is 76.3 Å². The zero-order valence-corrected chi connectivity index (χ0v) is 17.2. The van der Waals surface area contributed by atoms with Crippen molar-refractivity contribution in [2.45, 2.75) is 45.9 Å². The van der Waals surface area contributed by atoms with E-state index in [1.54, 1.807) is 9.80 Å². The highest BCUT2D eigenvalue weighted by Crippen LogP contribution is 2.39. The molecule has 2 aliphatic heterocycles. The predicted octanol–water partition coefficient (Wildman–Crippen LogP) is 3.11. The van der Waals surface area contributed by atoms with E-state index in [2.05, 4.69) is 25.7 Å². The van der Waals surface area contributed by atoms with Gasteiger partial charge in [0, 0.05) is 38.8 Å². The Labute approximate surface area is 166 Å². The maximum atomic E-state index is 12.3. The Kier molecular flexibility index (Phi) is 5.57. The minimum absolute atomic E-state index is 0.192. The van der Waals surface area contributed by atoms with Gasteiger partial charge < -0.3 is 14.7 Å². The van der Waals surface area contributed by atoms with Gasteiger partial charge in [0.15, 0.2) is 0 Å². The molecule has 1 aromatic carbocycles. The SMILES string of the molecule is CC(C)(C)[C@]1(C)CN(C2CN(C(=O)OCc3ccccc3)C2)CCN1C(=O)O. The van der Waals surface area contributed by atoms with Crippen molar-refractivity contribution in [3.05, 3.63) is 35.9 Å². The molecule has 1 aromatic rings. The molecule has 1 N–H and O–H groups in total. The molecule has 0 spiro atoms. The summed E-state index contributed by atoms with van der Waals surface area (Å²) < 4.78 is 5.39. The van der Waals surface area contributed by atoms with Gasteiger partial charge in [-0.15, -0.1) is 0 Å². The van der Waals surface area contributed by atoms with Gasteiger partial charge in [0.1, 0.15) is 6.61 Å². The monoisotopic (exact) mass is 389 g/mol. The third kappa shape index (κ3) is 3.94. The molecule has 7 heteroatoms. The summed E-state index contributed by atoms with van der Waals surface area (Å²) in [5, 5.41) is 9.64. The van der Waals surface area contributed by atoms with Crippen LogP contribution in [0.1, 0.15) is 33.3 Å². The number of hydrogen-bond acceptors (Lipinski definition) is 4. The maximum absolute atomic E-state index is 12.3. The third-order valence-electron chi connectivity index (χ3n) is 6.41. The minimum Gasteiger partial charge on any atom is -0.465 e. The number of rotatable bonds is 3. The molecular weight excluding hydrogens is 358 g/mol. The van der Waals surface area contributed by atoms with Crippen LogP contribution in [0.2, 0.25) is 0 Å². The minimum atomic E-state index is -0.864. The largest absolute Gasteiger partial charge is 0.465 e. The lowest BCUT2D eigenvalue weighted by Gasteiger charge is -2.57. The number of carbonyl (C=O) groups excluding carboxylic acids is 1. The lowest BCUT2D eigenvalue weighted by Crippen LogP contribution is -2.72. The van der Waals surface area contributed by atoms with Crippen LogP contribution in [0.5, 0.6) is 0 Å². The van der Waals surface area contributed by atoms with Gasteiger partial charge in [-0.1, -0.05) is 51.1 Å². The summed E-state index contributed by atoms with van der Waals surface area (Å²) in [4.78, 5) is 29.6. The highest BCUT2D eigenvalue weighted by Gasteiger charge is 2.51. The molecule has 2 heterocycles. The lowest BCUT2D eigenvalue weighted by atomic mass is 9.72. The topological polar surface area (TPSA) is 73.3 Å². The molecule has 3 rings (SSSR count). The van der Waals surface area contributed by atoms with Gasteiger partial charge in [0.05, 0.1) is 5.54 Å². The number of hydrogen-bond donors (Lipinski definition) is 1. The smallest absolute Gasteiger partial charge is 0.410 e. The Hall–Kier alpha value is -2.28. The van der Waals surface area contributed by atoms with Crippen LogP contribution < -0.4 is 0 Å². The van der Waals surface area contributed by atoms with E-state index < -0.39 is 11.6 Å². The molecule has 0 bridgehead atoms. The Balaban J connectivity index is 1.54. The summed E-state index contributed by atoms with van der Waals surface area (Å²) in [6, 6.07) is 9.89. The highest BCUT2D eigenvalue weighted by molar-refractivity contribution is 5.69. The van der Waals surface area contributed by atoms with E-state index in [-0.39, 0.29) is 24.2 Å². The molecule has 7 nitrogen and oxygen atoms in total. The average molecular weight is 389 g/mol. The van der Waals surface area contributed by atoms with Crippen molar-refractivity contribution in [1.82, 2.24) is 14.7 Å². The lowest BCUT2D eigenvalue weighted by molar-refractivity contribution is -0.0768. The molecule has 154 valence electrons. The summed E-state index contributed by atoms with van der Waals surface area (Å²) >= 11 is 0. The van der Waals surface area contributed by atoms with E-state index in [0.717, 1.165) is 5.56 Å². The number of piperazine rings is 1. The number of amides is 2. The summed E-state index contributed by atoms with van der Waals surface area (Å²) in [6.45, 7) is 11.6. The van der Waals surface area contributed by atoms with Crippen LogP contribution in [0.3, 0.4) is 0 Å². The predicted molar refractivity (Wildman–Crippen MR) is 106 cm³/mol. The molecule has 0 saturated carbocycles. The Bertz CT molecular complexity index is 712. The standard InChI is InChI=1S/C21H31N3O4/c1-20(2,3)21(4)15-22(10-11-24(21)18(25)26)17-12-23(13-17)19(27)28-14-16-8-6-5-7-9-16/h5-9,17H,10-15H2,1-4H3,(H,25,26)/t21-/m0/s1. The van der Waals surface area contributed by atoms with Crippen LogP contribution in [0.25, 0.3) is 0 Å². The zero-order valence-electron chi connectivity index (χ0n) is 17.2. The quantitative estimate of drug-likeness (QED) is 0.860. The number of nitrogens with zero attached hydrogens (tertiary/aromatic N) is 3. The van der Waals surface area contributed by atoms with Crippen LogP contribution in [0.4, 0.5) is 9.59 Å². The molecule has 0 unspecified atom stereocenters. The second-order valence-corrected chi connectivity index (χ2v) is 9.03. The van der Waals surface area contributed by atoms with Crippen molar-refractivity contribution >= 4 is 12.2 Å². The molecule has 2 amide bonds. The number of benzene rings is 1. The Morgan fingerprint density at radius 3 is 2.39 bits per heavy atom. The molecule has 2 fully saturated rings. The molecule has 0 aliphatic carbocycles. The first-order valence-corrected chi connectivity index (χ1v) is 9.82. The Morgan fingerprint density at radius 1 is 1.18 bits per heavy atom. The molecule has 28 heavy (non-hydrogen) atoms. The molecule has 0 radical (unpaired) electrons. The second-order valence-electron chi connectivity index (χ2n) is 9.03. The summed E-state index contributed by atoms with van der Waals surface area (Å²) in [5.41, 5.74) is 0.298. The molecule has 1 atom stereocenters. The van der Waals surface area contributed by atoms with Crippen LogP contribution in [0, 0.1) is 5.41 Å². The first kappa shape index (κ1) is 20.5. The first-order chi connectivity index (χ1) is 13.1. The van der Waals surface area contributed by atoms with Crippen molar-refractivity contribution < 1.29 is 19.4 Å². The van der Waals surface area contributed by atoms with Crippen molar-refractivity contribution in [3.63, 3.8) is 0 Å². The highest BCUT2D eigenvalue weighted by atomic mass is 16.6. The van der Waals surface area contributed by atoms with Gasteiger partial charge >= 0.3 is 12.2 Å². The molecule has 2 saturated heterocycles. The van der Waals surface area contributed by atoms with Gasteiger partial charge in [0.25, 0.3) is 0 Å². The van der Waals surface area contributed by atoms with Crippen molar-refractivity contribution in [2.24, 2.45) is 5.41 Å². The van der Waals surface area contributed by atoms with Crippen LogP contribution in [0.15, 0.2) is 30.3 Å². The average Bonchev–Trinajstić information content (AvgIpc) is 2.58. The zero-order chi connectivity index (χ0) is 20.5. The molecular formula is C21H31N3O4. The van der Waals surface area contributed by atoms with Crippen molar-refractivity contribution in [1.29, 1.82) is 0 Å². The molecule has 0 aromatic heterocycles. The van der Waals surface area contributed by atoms with Gasteiger partial charge in [-0.25, -0.2) is 9.59 Å². The van der Waals surface area contributed by atoms with Crippen molar-refractivity contribution in [3.8, 4) is 0 Å². The van der Waals surface area contributed by atoms with Crippen molar-refractivity contribution in [2.75, 3.05) is 32.7 Å². The second kappa shape index (κ2) is 7.62. The summed E-state index contributed by atoms with van der Waals surface area (Å²) in [5.74, 6) is 0. The van der Waals surface area contributed by atoms with E-state index in [9.17, 15) is 14.7 Å². The fourth-order valence-corrected chi connectivity index (χ4v) is 3.94. The fraction of sp³-hybridized carbons (Fsp3) is 0.619. The van der Waals surface area contributed by atoms with Gasteiger partial charge in [0.2, 0.25) is 0 Å². The van der Waals surface area contributed by atoms with Gasteiger partial charge in [-0.2, -0.15) is 0 Å². The maximum Gasteiger partial charge on any atom is 0.410 e. The number of carbonyl (C=O) groups is 2.